The van der Waals surface area contributed by atoms with Crippen LogP contribution in [0.4, 0.5) is 37.7 Å². The summed E-state index contributed by atoms with van der Waals surface area (Å²) in [5.41, 5.74) is -4.11. The van der Waals surface area contributed by atoms with Crippen LogP contribution in [0.5, 0.6) is 0 Å². The van der Waals surface area contributed by atoms with E-state index in [1.807, 2.05) is 36.4 Å². The molecule has 1 saturated heterocycles. The van der Waals surface area contributed by atoms with Gasteiger partial charge >= 0.3 is 17.5 Å². The van der Waals surface area contributed by atoms with Crippen molar-refractivity contribution in [1.82, 2.24) is 69.7 Å². The molecule has 9 aromatic rings. The van der Waals surface area contributed by atoms with E-state index in [0.717, 1.165) is 126 Å². The summed E-state index contributed by atoms with van der Waals surface area (Å²) >= 11 is 3.12. The van der Waals surface area contributed by atoms with Gasteiger partial charge in [0, 0.05) is 54.3 Å². The first-order chi connectivity index (χ1) is 37.8. The Morgan fingerprint density at radius 2 is 1.09 bits per heavy atom. The van der Waals surface area contributed by atoms with Crippen LogP contribution in [0, 0.1) is 17.6 Å². The number of aliphatic hydroxyl groups is 2. The second kappa shape index (κ2) is 23.0. The Morgan fingerprint density at radius 1 is 0.595 bits per heavy atom. The molecular weight excluding hydrogens is 1100 g/mol. The van der Waals surface area contributed by atoms with Gasteiger partial charge in [-0.25, -0.2) is 37.2 Å². The maximum atomic E-state index is 16.2. The average Bonchev–Trinajstić information content (AvgIpc) is 4.38. The molecule has 2 N–H and O–H groups in total. The van der Waals surface area contributed by atoms with Gasteiger partial charge in [0.25, 0.3) is 0 Å². The predicted molar refractivity (Wildman–Crippen MR) is 280 cm³/mol. The van der Waals surface area contributed by atoms with Crippen LogP contribution in [0.15, 0.2) is 156 Å². The van der Waals surface area contributed by atoms with Crippen LogP contribution in [0.3, 0.4) is 0 Å². The molecule has 7 heterocycles. The Morgan fingerprint density at radius 3 is 1.52 bits per heavy atom. The second-order valence-electron chi connectivity index (χ2n) is 19.0. The van der Waals surface area contributed by atoms with Gasteiger partial charge in [-0.15, -0.1) is 10.2 Å². The summed E-state index contributed by atoms with van der Waals surface area (Å²) in [5.74, 6) is -8.15. The fourth-order valence-corrected chi connectivity index (χ4v) is 9.56. The molecule has 6 aromatic heterocycles. The summed E-state index contributed by atoms with van der Waals surface area (Å²) in [6.45, 7) is 7.94. The highest BCUT2D eigenvalue weighted by Gasteiger charge is 2.58. The molecule has 1 fully saturated rings. The van der Waals surface area contributed by atoms with Gasteiger partial charge in [0.2, 0.25) is 0 Å². The van der Waals surface area contributed by atoms with E-state index < -0.39 is 59.2 Å². The van der Waals surface area contributed by atoms with Gasteiger partial charge in [0.05, 0.1) is 31.0 Å². The summed E-state index contributed by atoms with van der Waals surface area (Å²) in [5, 5.41) is 47.7. The fraction of sp³-hybridized carbons (Fsp3) is 0.302. The van der Waals surface area contributed by atoms with Gasteiger partial charge < -0.3 is 20.0 Å². The monoisotopic (exact) mass is 1150 g/mol. The van der Waals surface area contributed by atoms with E-state index in [4.69, 9.17) is 0 Å². The molecule has 0 spiro atoms. The van der Waals surface area contributed by atoms with Gasteiger partial charge in [-0.1, -0.05) is 63.2 Å². The Kier molecular flexibility index (Phi) is 16.2. The van der Waals surface area contributed by atoms with Crippen molar-refractivity contribution in [2.45, 2.75) is 69.4 Å². The first-order valence-electron chi connectivity index (χ1n) is 24.8. The first-order valence-corrected chi connectivity index (χ1v) is 25.6. The molecule has 1 aliphatic rings. The number of benzene rings is 3. The molecule has 0 saturated carbocycles. The summed E-state index contributed by atoms with van der Waals surface area (Å²) < 4.78 is 95.1. The van der Waals surface area contributed by atoms with Crippen molar-refractivity contribution < 1.29 is 36.6 Å². The molecule has 10 rings (SSSR count). The minimum Gasteiger partial charge on any atom is -0.377 e. The standard InChI is InChI=1S/C38H40F3N11O2.C15H11BrF3N5O/c1-4-33(26(2)3)52-36(53)51(25-45-52)35-16-14-32(22-43-35)49-19-17-48(18-20-49)31-12-5-27(6-13-31)28-7-15-34(42-21-28)38(40,41)37(54,23-50-24-44-46-47-50)29-8-10-30(39)11-9-29;16-11-3-6-13(20-7-11)15(18,19)14(25,8-24-9-21-22-23-24)10-1-4-12(17)5-2-10/h5-16,21-22,24-26,33,54H,4,17-20,23H2,1-3H3;1-7,9,25H,8H2/t33-,37?;/m0./s1. The van der Waals surface area contributed by atoms with Crippen molar-refractivity contribution in [2.24, 2.45) is 5.92 Å². The number of hydrogen-bond donors (Lipinski definition) is 2. The Hall–Kier alpha value is -8.23. The minimum atomic E-state index is -3.91. The molecule has 26 heteroatoms. The third kappa shape index (κ3) is 11.5. The molecule has 19 nitrogen and oxygen atoms in total. The summed E-state index contributed by atoms with van der Waals surface area (Å²) in [6.07, 6.45) is 8.88. The zero-order chi connectivity index (χ0) is 56.1. The van der Waals surface area contributed by atoms with Crippen LogP contribution in [0.25, 0.3) is 16.9 Å². The number of pyridine rings is 3. The third-order valence-electron chi connectivity index (χ3n) is 13.8. The molecule has 0 bridgehead atoms. The topological polar surface area (TPSA) is 213 Å². The third-order valence-corrected chi connectivity index (χ3v) is 14.2. The summed E-state index contributed by atoms with van der Waals surface area (Å²) in [7, 11) is 0. The SMILES string of the molecule is CC[C@@H](C(C)C)n1ncn(-c2ccc(N3CCN(c4ccc(-c5ccc(C(F)(F)C(O)(Cn6cnnn6)c6ccc(F)cc6)nc5)cc4)CC3)cn2)c1=O.OC(Cn1cnnn1)(c1ccc(F)cc1)C(F)(F)c1ccc(Br)cn1. The molecule has 0 aliphatic carbocycles. The van der Waals surface area contributed by atoms with E-state index in [2.05, 4.69) is 97.6 Å². The van der Waals surface area contributed by atoms with Crippen LogP contribution >= 0.6 is 15.9 Å². The molecule has 3 atom stereocenters. The summed E-state index contributed by atoms with van der Waals surface area (Å²) in [4.78, 5) is 29.9. The maximum absolute atomic E-state index is 16.2. The molecule has 1 aliphatic heterocycles. The lowest BCUT2D eigenvalue weighted by molar-refractivity contribution is -0.206. The van der Waals surface area contributed by atoms with Crippen LogP contribution in [-0.4, -0.2) is 106 Å². The highest BCUT2D eigenvalue weighted by atomic mass is 79.9. The Labute approximate surface area is 456 Å². The number of rotatable bonds is 17. The van der Waals surface area contributed by atoms with E-state index >= 15 is 17.6 Å². The van der Waals surface area contributed by atoms with Crippen LogP contribution in [0.1, 0.15) is 55.7 Å². The minimum absolute atomic E-state index is 0.0241. The summed E-state index contributed by atoms with van der Waals surface area (Å²) in [6, 6.07) is 25.2. The smallest absolute Gasteiger partial charge is 0.351 e. The molecule has 0 amide bonds. The largest absolute Gasteiger partial charge is 0.377 e. The first kappa shape index (κ1) is 55.5. The number of nitrogens with zero attached hydrogens (tertiary/aromatic N) is 16. The lowest BCUT2D eigenvalue weighted by atomic mass is 9.85. The highest BCUT2D eigenvalue weighted by molar-refractivity contribution is 9.10. The number of anilines is 2. The van der Waals surface area contributed by atoms with E-state index in [9.17, 15) is 23.8 Å². The van der Waals surface area contributed by atoms with Crippen molar-refractivity contribution in [3.8, 4) is 16.9 Å². The highest BCUT2D eigenvalue weighted by Crippen LogP contribution is 2.47. The van der Waals surface area contributed by atoms with E-state index in [-0.39, 0.29) is 28.8 Å². The molecule has 410 valence electrons. The number of piperazine rings is 1. The van der Waals surface area contributed by atoms with E-state index in [1.165, 1.54) is 41.5 Å². The number of hydrogen-bond acceptors (Lipinski definition) is 15. The Bertz CT molecular complexity index is 3460. The van der Waals surface area contributed by atoms with Crippen molar-refractivity contribution in [3.63, 3.8) is 0 Å². The predicted octanol–water partition coefficient (Wildman–Crippen LogP) is 7.88. The number of aromatic nitrogens is 14. The van der Waals surface area contributed by atoms with E-state index in [1.54, 1.807) is 10.9 Å². The molecular formula is C53H51BrF6N16O3. The average molecular weight is 1150 g/mol. The van der Waals surface area contributed by atoms with Gasteiger partial charge in [-0.3, -0.25) is 9.97 Å². The number of tetrazole rings is 2. The molecule has 79 heavy (non-hydrogen) atoms. The van der Waals surface area contributed by atoms with Gasteiger partial charge in [-0.05, 0) is 133 Å². The number of alkyl halides is 4. The van der Waals surface area contributed by atoms with Crippen molar-refractivity contribution >= 4 is 27.3 Å². The van der Waals surface area contributed by atoms with Crippen molar-refractivity contribution in [2.75, 3.05) is 36.0 Å². The van der Waals surface area contributed by atoms with Crippen LogP contribution < -0.4 is 15.5 Å². The van der Waals surface area contributed by atoms with E-state index in [0.29, 0.717) is 15.9 Å². The van der Waals surface area contributed by atoms with Crippen molar-refractivity contribution in [3.05, 3.63) is 196 Å². The quantitative estimate of drug-likeness (QED) is 0.0831. The zero-order valence-electron chi connectivity index (χ0n) is 42.6. The zero-order valence-corrected chi connectivity index (χ0v) is 44.2. The Balaban J connectivity index is 0.000000252. The fourth-order valence-electron chi connectivity index (χ4n) is 9.33. The molecule has 3 aromatic carbocycles. The van der Waals surface area contributed by atoms with Crippen molar-refractivity contribution in [1.29, 1.82) is 0 Å². The molecule has 0 radical (unpaired) electrons. The lowest BCUT2D eigenvalue weighted by Crippen LogP contribution is -2.47. The van der Waals surface area contributed by atoms with Gasteiger partial charge in [-0.2, -0.15) is 22.7 Å². The van der Waals surface area contributed by atoms with Crippen LogP contribution in [0.2, 0.25) is 0 Å². The number of halogens is 7. The lowest BCUT2D eigenvalue weighted by Gasteiger charge is -2.37. The van der Waals surface area contributed by atoms with Gasteiger partial charge in [0.1, 0.15) is 47.8 Å². The second-order valence-corrected chi connectivity index (χ2v) is 20.0. The molecule has 2 unspecified atom stereocenters. The normalized spacial score (nSPS) is 15.1. The maximum Gasteiger partial charge on any atom is 0.351 e. The van der Waals surface area contributed by atoms with Gasteiger partial charge in [0.15, 0.2) is 11.2 Å². The van der Waals surface area contributed by atoms with Crippen LogP contribution in [-0.2, 0) is 36.1 Å².